The minimum Gasteiger partial charge on any atom is -0.480 e. The summed E-state index contributed by atoms with van der Waals surface area (Å²) in [6.45, 7) is 0. The van der Waals surface area contributed by atoms with Gasteiger partial charge in [-0.05, 0) is 0 Å². The lowest BCUT2D eigenvalue weighted by Crippen LogP contribution is -1.95. The second-order valence-electron chi connectivity index (χ2n) is 3.63. The molecule has 18 heavy (non-hydrogen) atoms. The van der Waals surface area contributed by atoms with Crippen LogP contribution in [0.5, 0.6) is 5.88 Å². The number of nitrogen functional groups attached to an aromatic ring is 1. The largest absolute Gasteiger partial charge is 0.480 e. The Morgan fingerprint density at radius 3 is 2.89 bits per heavy atom. The van der Waals surface area contributed by atoms with Crippen LogP contribution in [0, 0.1) is 0 Å². The SMILES string of the molecule is COc1ncncc1-c1c[nH]c2ncnc(N)c12. The molecule has 0 radical (unpaired) electrons. The number of rotatable bonds is 2. The molecule has 0 aliphatic rings. The van der Waals surface area contributed by atoms with Crippen LogP contribution < -0.4 is 10.5 Å². The van der Waals surface area contributed by atoms with Crippen LogP contribution in [0.4, 0.5) is 5.82 Å². The molecule has 3 rings (SSSR count). The van der Waals surface area contributed by atoms with E-state index in [1.54, 1.807) is 19.5 Å². The van der Waals surface area contributed by atoms with E-state index in [2.05, 4.69) is 24.9 Å². The van der Waals surface area contributed by atoms with E-state index < -0.39 is 0 Å². The van der Waals surface area contributed by atoms with Crippen LogP contribution >= 0.6 is 0 Å². The van der Waals surface area contributed by atoms with Crippen molar-refractivity contribution in [2.24, 2.45) is 0 Å². The molecule has 0 fully saturated rings. The van der Waals surface area contributed by atoms with Gasteiger partial charge in [-0.15, -0.1) is 0 Å². The van der Waals surface area contributed by atoms with E-state index in [-0.39, 0.29) is 0 Å². The molecule has 90 valence electrons. The van der Waals surface area contributed by atoms with E-state index in [1.807, 2.05) is 0 Å². The number of H-pyrrole nitrogens is 1. The lowest BCUT2D eigenvalue weighted by Gasteiger charge is -2.05. The van der Waals surface area contributed by atoms with Crippen molar-refractivity contribution in [3.05, 3.63) is 25.0 Å². The maximum absolute atomic E-state index is 5.88. The molecule has 7 heteroatoms. The van der Waals surface area contributed by atoms with Crippen molar-refractivity contribution in [2.45, 2.75) is 0 Å². The summed E-state index contributed by atoms with van der Waals surface area (Å²) in [6, 6.07) is 0. The van der Waals surface area contributed by atoms with Gasteiger partial charge in [-0.1, -0.05) is 0 Å². The number of nitrogens with zero attached hydrogens (tertiary/aromatic N) is 4. The van der Waals surface area contributed by atoms with Crippen molar-refractivity contribution in [3.63, 3.8) is 0 Å². The van der Waals surface area contributed by atoms with E-state index in [0.29, 0.717) is 17.3 Å². The van der Waals surface area contributed by atoms with Gasteiger partial charge in [0.25, 0.3) is 0 Å². The highest BCUT2D eigenvalue weighted by Crippen LogP contribution is 2.34. The van der Waals surface area contributed by atoms with Gasteiger partial charge >= 0.3 is 0 Å². The van der Waals surface area contributed by atoms with Crippen molar-refractivity contribution in [3.8, 4) is 17.0 Å². The van der Waals surface area contributed by atoms with E-state index in [1.165, 1.54) is 12.7 Å². The molecule has 0 saturated carbocycles. The average Bonchev–Trinajstić information content (AvgIpc) is 2.84. The van der Waals surface area contributed by atoms with Gasteiger partial charge in [0.05, 0.1) is 18.1 Å². The van der Waals surface area contributed by atoms with Crippen LogP contribution in [0.15, 0.2) is 25.0 Å². The first-order valence-corrected chi connectivity index (χ1v) is 5.23. The highest BCUT2D eigenvalue weighted by molar-refractivity contribution is 6.00. The fourth-order valence-electron chi connectivity index (χ4n) is 1.87. The number of ether oxygens (including phenoxy) is 1. The lowest BCUT2D eigenvalue weighted by atomic mass is 10.1. The monoisotopic (exact) mass is 242 g/mol. The predicted octanol–water partition coefficient (Wildman–Crippen LogP) is 1.01. The zero-order valence-electron chi connectivity index (χ0n) is 9.58. The Morgan fingerprint density at radius 2 is 2.06 bits per heavy atom. The number of methoxy groups -OCH3 is 1. The van der Waals surface area contributed by atoms with E-state index in [4.69, 9.17) is 10.5 Å². The van der Waals surface area contributed by atoms with Crippen LogP contribution in [-0.2, 0) is 0 Å². The molecule has 3 heterocycles. The number of hydrogen-bond donors (Lipinski definition) is 2. The van der Waals surface area contributed by atoms with Crippen LogP contribution in [0.2, 0.25) is 0 Å². The molecular weight excluding hydrogens is 232 g/mol. The summed E-state index contributed by atoms with van der Waals surface area (Å²) < 4.78 is 5.21. The van der Waals surface area contributed by atoms with Gasteiger partial charge in [0, 0.05) is 18.0 Å². The Kier molecular flexibility index (Phi) is 2.30. The molecule has 3 aromatic heterocycles. The van der Waals surface area contributed by atoms with Gasteiger partial charge < -0.3 is 15.5 Å². The molecule has 0 spiro atoms. The van der Waals surface area contributed by atoms with Gasteiger partial charge in [0.1, 0.15) is 24.1 Å². The minimum atomic E-state index is 0.405. The van der Waals surface area contributed by atoms with Gasteiger partial charge in [-0.25, -0.2) is 19.9 Å². The first-order chi connectivity index (χ1) is 8.81. The molecule has 0 aliphatic heterocycles. The summed E-state index contributed by atoms with van der Waals surface area (Å²) in [5.41, 5.74) is 8.11. The van der Waals surface area contributed by atoms with Crippen molar-refractivity contribution in [1.29, 1.82) is 0 Å². The molecule has 3 aromatic rings. The third-order valence-electron chi connectivity index (χ3n) is 2.66. The van der Waals surface area contributed by atoms with E-state index >= 15 is 0 Å². The van der Waals surface area contributed by atoms with Crippen LogP contribution in [0.3, 0.4) is 0 Å². The molecule has 0 aliphatic carbocycles. The Hall–Kier alpha value is -2.70. The summed E-state index contributed by atoms with van der Waals surface area (Å²) in [4.78, 5) is 19.2. The Morgan fingerprint density at radius 1 is 1.17 bits per heavy atom. The number of hydrogen-bond acceptors (Lipinski definition) is 6. The molecule has 0 saturated heterocycles. The Bertz CT molecular complexity index is 708. The number of fused-ring (bicyclic) bond motifs is 1. The Balaban J connectivity index is 2.32. The van der Waals surface area contributed by atoms with E-state index in [9.17, 15) is 0 Å². The van der Waals surface area contributed by atoms with Crippen molar-refractivity contribution < 1.29 is 4.74 Å². The summed E-state index contributed by atoms with van der Waals surface area (Å²) in [7, 11) is 1.56. The zero-order chi connectivity index (χ0) is 12.5. The van der Waals surface area contributed by atoms with Crippen LogP contribution in [0.25, 0.3) is 22.2 Å². The number of nitrogens with two attached hydrogens (primary N) is 1. The van der Waals surface area contributed by atoms with Crippen LogP contribution in [-0.4, -0.2) is 32.0 Å². The fourth-order valence-corrected chi connectivity index (χ4v) is 1.87. The smallest absolute Gasteiger partial charge is 0.224 e. The third-order valence-corrected chi connectivity index (χ3v) is 2.66. The standard InChI is InChI=1S/C11H10N6O/c1-18-11-7(2-13-4-17-11)6-3-14-10-8(6)9(12)15-5-16-10/h2-5H,1H3,(H3,12,14,15,16). The van der Waals surface area contributed by atoms with Gasteiger partial charge in [0.2, 0.25) is 5.88 Å². The first-order valence-electron chi connectivity index (χ1n) is 5.23. The maximum Gasteiger partial charge on any atom is 0.224 e. The van der Waals surface area contributed by atoms with Gasteiger partial charge in [-0.2, -0.15) is 0 Å². The third kappa shape index (κ3) is 1.45. The highest BCUT2D eigenvalue weighted by atomic mass is 16.5. The molecule has 0 aromatic carbocycles. The molecule has 0 bridgehead atoms. The summed E-state index contributed by atoms with van der Waals surface area (Å²) in [5.74, 6) is 0.885. The van der Waals surface area contributed by atoms with Crippen molar-refractivity contribution in [1.82, 2.24) is 24.9 Å². The minimum absolute atomic E-state index is 0.405. The first kappa shape index (κ1) is 10.5. The normalized spacial score (nSPS) is 10.7. The summed E-state index contributed by atoms with van der Waals surface area (Å²) in [5, 5.41) is 0.741. The quantitative estimate of drug-likeness (QED) is 0.695. The number of anilines is 1. The average molecular weight is 242 g/mol. The molecule has 0 amide bonds. The summed E-state index contributed by atoms with van der Waals surface area (Å²) >= 11 is 0. The second-order valence-corrected chi connectivity index (χ2v) is 3.63. The van der Waals surface area contributed by atoms with Crippen molar-refractivity contribution >= 4 is 16.9 Å². The lowest BCUT2D eigenvalue weighted by molar-refractivity contribution is 0.398. The Labute approximate surface area is 102 Å². The summed E-state index contributed by atoms with van der Waals surface area (Å²) in [6.07, 6.45) is 6.30. The number of aromatic amines is 1. The van der Waals surface area contributed by atoms with E-state index in [0.717, 1.165) is 16.5 Å². The van der Waals surface area contributed by atoms with Gasteiger partial charge in [0.15, 0.2) is 0 Å². The maximum atomic E-state index is 5.88. The molecule has 3 N–H and O–H groups in total. The molecule has 0 unspecified atom stereocenters. The topological polar surface area (TPSA) is 103 Å². The fraction of sp³-hybridized carbons (Fsp3) is 0.0909. The molecule has 0 atom stereocenters. The zero-order valence-corrected chi connectivity index (χ0v) is 9.58. The predicted molar refractivity (Wildman–Crippen MR) is 65.9 cm³/mol. The second kappa shape index (κ2) is 3.95. The molecule has 7 nitrogen and oxygen atoms in total. The highest BCUT2D eigenvalue weighted by Gasteiger charge is 2.15. The number of aromatic nitrogens is 5. The van der Waals surface area contributed by atoms with Gasteiger partial charge in [-0.3, -0.25) is 0 Å². The van der Waals surface area contributed by atoms with Crippen molar-refractivity contribution in [2.75, 3.05) is 12.8 Å². The van der Waals surface area contributed by atoms with Crippen LogP contribution in [0.1, 0.15) is 0 Å². The number of nitrogens with one attached hydrogen (secondary N) is 1. The molecular formula is C11H10N6O.